The van der Waals surface area contributed by atoms with Crippen LogP contribution in [0.25, 0.3) is 10.2 Å². The fourth-order valence-electron chi connectivity index (χ4n) is 3.37. The molecule has 1 atom stereocenters. The van der Waals surface area contributed by atoms with Gasteiger partial charge in [0.1, 0.15) is 17.0 Å². The Bertz CT molecular complexity index is 1080. The van der Waals surface area contributed by atoms with Crippen LogP contribution in [0.3, 0.4) is 0 Å². The van der Waals surface area contributed by atoms with E-state index in [0.717, 1.165) is 30.8 Å². The number of nitrogen functional groups attached to an aromatic ring is 1. The lowest BCUT2D eigenvalue weighted by molar-refractivity contribution is -0.142. The number of halogens is 1. The number of aryl methyl sites for hydroxylation is 1. The van der Waals surface area contributed by atoms with Crippen LogP contribution in [0.4, 0.5) is 17.2 Å². The van der Waals surface area contributed by atoms with Crippen LogP contribution >= 0.6 is 27.3 Å². The zero-order valence-corrected chi connectivity index (χ0v) is 16.5. The van der Waals surface area contributed by atoms with Gasteiger partial charge in [0.25, 0.3) is 0 Å². The van der Waals surface area contributed by atoms with Crippen LogP contribution in [0.15, 0.2) is 22.9 Å². The van der Waals surface area contributed by atoms with Crippen molar-refractivity contribution in [1.82, 2.24) is 9.97 Å². The summed E-state index contributed by atoms with van der Waals surface area (Å²) in [4.78, 5) is 22.1. The number of benzene rings is 1. The van der Waals surface area contributed by atoms with Gasteiger partial charge in [-0.15, -0.1) is 11.3 Å². The minimum absolute atomic E-state index is 0.337. The summed E-state index contributed by atoms with van der Waals surface area (Å²) in [6, 6.07) is 3.54. The molecule has 0 unspecified atom stereocenters. The average molecular weight is 446 g/mol. The number of rotatable bonds is 4. The summed E-state index contributed by atoms with van der Waals surface area (Å²) < 4.78 is 0.771. The van der Waals surface area contributed by atoms with Gasteiger partial charge in [-0.05, 0) is 52.9 Å². The molecule has 27 heavy (non-hydrogen) atoms. The second kappa shape index (κ2) is 6.90. The van der Waals surface area contributed by atoms with Gasteiger partial charge in [0.15, 0.2) is 0 Å². The number of hydrogen-bond donors (Lipinski definition) is 4. The summed E-state index contributed by atoms with van der Waals surface area (Å²) in [7, 11) is 0. The number of carboxylic acids is 1. The summed E-state index contributed by atoms with van der Waals surface area (Å²) in [5, 5.41) is 21.1. The molecule has 2 heterocycles. The molecule has 5 N–H and O–H groups in total. The van der Waals surface area contributed by atoms with Crippen LogP contribution in [-0.4, -0.2) is 27.3 Å². The van der Waals surface area contributed by atoms with Gasteiger partial charge in [-0.25, -0.2) is 9.97 Å². The molecule has 1 aliphatic carbocycles. The lowest BCUT2D eigenvalue weighted by Gasteiger charge is -2.19. The van der Waals surface area contributed by atoms with Crippen LogP contribution in [0, 0.1) is 11.3 Å². The normalized spacial score (nSPS) is 16.1. The maximum Gasteiger partial charge on any atom is 0.306 e. The smallest absolute Gasteiger partial charge is 0.306 e. The number of nitrogens with zero attached hydrogens (tertiary/aromatic N) is 2. The second-order valence-electron chi connectivity index (χ2n) is 6.41. The van der Waals surface area contributed by atoms with E-state index in [1.807, 2.05) is 0 Å². The Hall–Kier alpha value is -2.52. The number of fused-ring (bicyclic) bond motifs is 3. The van der Waals surface area contributed by atoms with Crippen molar-refractivity contribution in [2.45, 2.75) is 19.3 Å². The van der Waals surface area contributed by atoms with E-state index in [4.69, 9.17) is 11.1 Å². The Labute approximate surface area is 167 Å². The van der Waals surface area contributed by atoms with E-state index >= 15 is 0 Å². The molecule has 0 spiro atoms. The lowest BCUT2D eigenvalue weighted by Crippen LogP contribution is -2.21. The predicted octanol–water partition coefficient (Wildman–Crippen LogP) is 3.97. The first-order valence-corrected chi connectivity index (χ1v) is 9.93. The van der Waals surface area contributed by atoms with Crippen molar-refractivity contribution in [2.75, 3.05) is 11.1 Å². The van der Waals surface area contributed by atoms with Crippen LogP contribution in [0.2, 0.25) is 0 Å². The standard InChI is InChI=1S/C18H16BrN5O2S/c19-11-5-12(21)9(6-20)3-13(11)24-16-15-10-2-1-8(18(25)26)4-14(10)27-17(15)23-7-22-16/h3,5-8,20H,1-2,4,21H2,(H,25,26)(H,22,23,24)/t8-/m0/s1. The van der Waals surface area contributed by atoms with E-state index in [2.05, 4.69) is 31.2 Å². The third-order valence-corrected chi connectivity index (χ3v) is 6.59. The first kappa shape index (κ1) is 17.9. The van der Waals surface area contributed by atoms with E-state index < -0.39 is 5.97 Å². The minimum Gasteiger partial charge on any atom is -0.481 e. The van der Waals surface area contributed by atoms with Crippen molar-refractivity contribution in [1.29, 1.82) is 5.41 Å². The molecule has 0 bridgehead atoms. The van der Waals surface area contributed by atoms with E-state index in [9.17, 15) is 9.90 Å². The number of thiophene rings is 1. The second-order valence-corrected chi connectivity index (χ2v) is 8.35. The molecule has 1 aliphatic rings. The monoisotopic (exact) mass is 445 g/mol. The SMILES string of the molecule is N=Cc1cc(Nc2ncnc3sc4c(c23)CC[C@H](C(=O)O)C4)c(Br)cc1N. The molecule has 9 heteroatoms. The number of anilines is 3. The van der Waals surface area contributed by atoms with Crippen LogP contribution < -0.4 is 11.1 Å². The third kappa shape index (κ3) is 3.17. The fourth-order valence-corrected chi connectivity index (χ4v) is 5.10. The van der Waals surface area contributed by atoms with Crippen molar-refractivity contribution in [2.24, 2.45) is 5.92 Å². The third-order valence-electron chi connectivity index (χ3n) is 4.78. The Morgan fingerprint density at radius 2 is 2.26 bits per heavy atom. The van der Waals surface area contributed by atoms with Gasteiger partial charge in [-0.3, -0.25) is 4.79 Å². The summed E-state index contributed by atoms with van der Waals surface area (Å²) in [5.74, 6) is -0.406. The molecule has 0 aliphatic heterocycles. The number of nitrogens with one attached hydrogen (secondary N) is 2. The first-order valence-electron chi connectivity index (χ1n) is 8.32. The van der Waals surface area contributed by atoms with Gasteiger partial charge in [0.2, 0.25) is 0 Å². The van der Waals surface area contributed by atoms with Crippen LogP contribution in [-0.2, 0) is 17.6 Å². The Morgan fingerprint density at radius 1 is 1.44 bits per heavy atom. The lowest BCUT2D eigenvalue weighted by atomic mass is 9.88. The van der Waals surface area contributed by atoms with Gasteiger partial charge < -0.3 is 21.6 Å². The quantitative estimate of drug-likeness (QED) is 0.355. The Morgan fingerprint density at radius 3 is 3.00 bits per heavy atom. The molecule has 0 saturated carbocycles. The van der Waals surface area contributed by atoms with Crippen molar-refractivity contribution >= 4 is 66.9 Å². The van der Waals surface area contributed by atoms with E-state index in [-0.39, 0.29) is 5.92 Å². The van der Waals surface area contributed by atoms with E-state index in [1.165, 1.54) is 23.9 Å². The topological polar surface area (TPSA) is 125 Å². The number of carboxylic acid groups (broad SMARTS) is 1. The van der Waals surface area contributed by atoms with Crippen molar-refractivity contribution in [3.63, 3.8) is 0 Å². The molecule has 3 aromatic rings. The predicted molar refractivity (Wildman–Crippen MR) is 110 cm³/mol. The summed E-state index contributed by atoms with van der Waals surface area (Å²) in [5.41, 5.74) is 8.93. The largest absolute Gasteiger partial charge is 0.481 e. The molecular weight excluding hydrogens is 430 g/mol. The van der Waals surface area contributed by atoms with Gasteiger partial charge >= 0.3 is 5.97 Å². The molecule has 0 saturated heterocycles. The number of hydrogen-bond acceptors (Lipinski definition) is 7. The number of aromatic nitrogens is 2. The zero-order valence-electron chi connectivity index (χ0n) is 14.1. The summed E-state index contributed by atoms with van der Waals surface area (Å²) in [6.07, 6.45) is 4.56. The fraction of sp³-hybridized carbons (Fsp3) is 0.222. The highest BCUT2D eigenvalue weighted by Gasteiger charge is 2.28. The average Bonchev–Trinajstić information content (AvgIpc) is 3.02. The van der Waals surface area contributed by atoms with Gasteiger partial charge in [-0.1, -0.05) is 0 Å². The molecule has 2 aromatic heterocycles. The van der Waals surface area contributed by atoms with Crippen LogP contribution in [0.5, 0.6) is 0 Å². The van der Waals surface area contributed by atoms with E-state index in [1.54, 1.807) is 12.1 Å². The van der Waals surface area contributed by atoms with Crippen molar-refractivity contribution < 1.29 is 9.90 Å². The van der Waals surface area contributed by atoms with Crippen LogP contribution in [0.1, 0.15) is 22.4 Å². The summed E-state index contributed by atoms with van der Waals surface area (Å²) >= 11 is 5.04. The maximum absolute atomic E-state index is 11.3. The highest BCUT2D eigenvalue weighted by molar-refractivity contribution is 9.10. The number of carbonyl (C=O) groups is 1. The summed E-state index contributed by atoms with van der Waals surface area (Å²) in [6.45, 7) is 0. The number of nitrogens with two attached hydrogens (primary N) is 1. The molecule has 0 amide bonds. The molecule has 1 aromatic carbocycles. The zero-order chi connectivity index (χ0) is 19.1. The number of aliphatic carboxylic acids is 1. The molecule has 7 nitrogen and oxygen atoms in total. The highest BCUT2D eigenvalue weighted by Crippen LogP contribution is 2.41. The maximum atomic E-state index is 11.3. The molecule has 4 rings (SSSR count). The van der Waals surface area contributed by atoms with Crippen molar-refractivity contribution in [3.8, 4) is 0 Å². The van der Waals surface area contributed by atoms with Gasteiger partial charge in [-0.2, -0.15) is 0 Å². The first-order chi connectivity index (χ1) is 13.0. The molecular formula is C18H16BrN5O2S. The van der Waals surface area contributed by atoms with Gasteiger partial charge in [0, 0.05) is 26.8 Å². The molecule has 138 valence electrons. The Kier molecular flexibility index (Phi) is 4.56. The highest BCUT2D eigenvalue weighted by atomic mass is 79.9. The minimum atomic E-state index is -0.743. The van der Waals surface area contributed by atoms with Gasteiger partial charge in [0.05, 0.1) is 17.0 Å². The molecule has 0 radical (unpaired) electrons. The Balaban J connectivity index is 1.78. The molecule has 0 fully saturated rings. The van der Waals surface area contributed by atoms with Crippen molar-refractivity contribution in [3.05, 3.63) is 38.9 Å². The van der Waals surface area contributed by atoms with E-state index in [0.29, 0.717) is 36.3 Å².